The summed E-state index contributed by atoms with van der Waals surface area (Å²) in [6.07, 6.45) is -1.68. The number of furan rings is 1. The molecule has 0 saturated heterocycles. The van der Waals surface area contributed by atoms with Crippen molar-refractivity contribution in [3.8, 4) is 11.5 Å². The number of aromatic amines is 1. The number of nitrogens with one attached hydrogen (secondary N) is 2. The lowest BCUT2D eigenvalue weighted by molar-refractivity contribution is -0.141. The van der Waals surface area contributed by atoms with E-state index < -0.39 is 27.0 Å². The Morgan fingerprint density at radius 1 is 1.23 bits per heavy atom. The number of aryl methyl sites for hydroxylation is 1. The second kappa shape index (κ2) is 6.53. The van der Waals surface area contributed by atoms with E-state index in [1.807, 2.05) is 5.10 Å². The first-order chi connectivity index (χ1) is 12.1. The van der Waals surface area contributed by atoms with Gasteiger partial charge in [0, 0.05) is 6.20 Å². The van der Waals surface area contributed by atoms with E-state index in [2.05, 4.69) is 19.8 Å². The summed E-state index contributed by atoms with van der Waals surface area (Å²) in [7, 11) is -4.02. The van der Waals surface area contributed by atoms with E-state index in [0.29, 0.717) is 11.4 Å². The van der Waals surface area contributed by atoms with Crippen LogP contribution in [0.1, 0.15) is 17.1 Å². The summed E-state index contributed by atoms with van der Waals surface area (Å²) in [6.45, 7) is 1.62. The fraction of sp³-hybridized carbons (Fsp3) is 0.214. The maximum absolute atomic E-state index is 12.6. The highest BCUT2D eigenvalue weighted by molar-refractivity contribution is 7.89. The Balaban J connectivity index is 1.75. The van der Waals surface area contributed by atoms with E-state index in [4.69, 9.17) is 4.42 Å². The van der Waals surface area contributed by atoms with Gasteiger partial charge in [0.25, 0.3) is 10.0 Å². The molecule has 0 bridgehead atoms. The molecule has 0 spiro atoms. The molecule has 3 heterocycles. The summed E-state index contributed by atoms with van der Waals surface area (Å²) in [5.41, 5.74) is -0.148. The standard InChI is InChI=1S/C14H12F3N5O3S/c1-8-5-19-9(6-18-8)7-20-26(23,24)13-3-2-11(25-13)10-4-12(22-21-10)14(15,16)17/h2-6,20H,7H2,1H3,(H,21,22). The van der Waals surface area contributed by atoms with E-state index >= 15 is 0 Å². The molecule has 0 aliphatic rings. The minimum Gasteiger partial charge on any atom is -0.442 e. The first-order valence-electron chi connectivity index (χ1n) is 7.15. The first-order valence-corrected chi connectivity index (χ1v) is 8.63. The van der Waals surface area contributed by atoms with E-state index in [0.717, 1.165) is 12.1 Å². The Morgan fingerprint density at radius 3 is 2.62 bits per heavy atom. The van der Waals surface area contributed by atoms with Crippen LogP contribution in [0.5, 0.6) is 0 Å². The molecule has 3 aromatic rings. The van der Waals surface area contributed by atoms with E-state index in [1.54, 1.807) is 6.92 Å². The molecular weight excluding hydrogens is 375 g/mol. The lowest BCUT2D eigenvalue weighted by Crippen LogP contribution is -2.23. The van der Waals surface area contributed by atoms with Crippen LogP contribution in [0.15, 0.2) is 40.1 Å². The van der Waals surface area contributed by atoms with Crippen LogP contribution in [0.25, 0.3) is 11.5 Å². The predicted octanol–water partition coefficient (Wildman–Crippen LogP) is 2.27. The highest BCUT2D eigenvalue weighted by atomic mass is 32.2. The maximum atomic E-state index is 12.6. The fourth-order valence-electron chi connectivity index (χ4n) is 1.95. The number of rotatable bonds is 5. The summed E-state index contributed by atoms with van der Waals surface area (Å²) in [6, 6.07) is 3.07. The van der Waals surface area contributed by atoms with Crippen LogP contribution in [0.4, 0.5) is 13.2 Å². The van der Waals surface area contributed by atoms with Crippen molar-refractivity contribution in [3.05, 3.63) is 47.7 Å². The van der Waals surface area contributed by atoms with Gasteiger partial charge >= 0.3 is 6.18 Å². The van der Waals surface area contributed by atoms with Crippen molar-refractivity contribution in [2.45, 2.75) is 24.7 Å². The van der Waals surface area contributed by atoms with Crippen molar-refractivity contribution in [1.29, 1.82) is 0 Å². The van der Waals surface area contributed by atoms with Gasteiger partial charge in [0.1, 0.15) is 11.4 Å². The second-order valence-corrected chi connectivity index (χ2v) is 6.95. The van der Waals surface area contributed by atoms with E-state index in [9.17, 15) is 21.6 Å². The third kappa shape index (κ3) is 3.91. The highest BCUT2D eigenvalue weighted by Crippen LogP contribution is 2.31. The predicted molar refractivity (Wildman–Crippen MR) is 82.1 cm³/mol. The Labute approximate surface area is 145 Å². The second-order valence-electron chi connectivity index (χ2n) is 5.26. The van der Waals surface area contributed by atoms with Crippen molar-refractivity contribution in [1.82, 2.24) is 24.9 Å². The van der Waals surface area contributed by atoms with Crippen LogP contribution in [0.2, 0.25) is 0 Å². The largest absolute Gasteiger partial charge is 0.442 e. The summed E-state index contributed by atoms with van der Waals surface area (Å²) in [5.74, 6) is -0.118. The molecule has 8 nitrogen and oxygen atoms in total. The average Bonchev–Trinajstić information content (AvgIpc) is 3.23. The Morgan fingerprint density at radius 2 is 2.00 bits per heavy atom. The molecule has 3 rings (SSSR count). The van der Waals surface area contributed by atoms with Crippen LogP contribution in [-0.2, 0) is 22.7 Å². The minimum absolute atomic E-state index is 0.118. The zero-order chi connectivity index (χ0) is 18.9. The lowest BCUT2D eigenvalue weighted by Gasteiger charge is -2.03. The van der Waals surface area contributed by atoms with Gasteiger partial charge in [0.15, 0.2) is 5.76 Å². The smallest absolute Gasteiger partial charge is 0.432 e. The number of H-pyrrole nitrogens is 1. The molecule has 0 aliphatic heterocycles. The molecule has 0 saturated carbocycles. The van der Waals surface area contributed by atoms with Gasteiger partial charge in [-0.15, -0.1) is 0 Å². The van der Waals surface area contributed by atoms with Crippen molar-refractivity contribution < 1.29 is 26.0 Å². The molecule has 0 aliphatic carbocycles. The molecule has 0 aromatic carbocycles. The molecule has 0 fully saturated rings. The molecule has 0 radical (unpaired) electrons. The van der Waals surface area contributed by atoms with E-state index in [1.165, 1.54) is 18.5 Å². The molecule has 138 valence electrons. The van der Waals surface area contributed by atoms with Gasteiger partial charge < -0.3 is 4.42 Å². The quantitative estimate of drug-likeness (QED) is 0.694. The highest BCUT2D eigenvalue weighted by Gasteiger charge is 2.33. The number of aromatic nitrogens is 4. The monoisotopic (exact) mass is 387 g/mol. The molecule has 26 heavy (non-hydrogen) atoms. The molecule has 0 amide bonds. The Bertz CT molecular complexity index is 1010. The van der Waals surface area contributed by atoms with Gasteiger partial charge in [0.05, 0.1) is 24.1 Å². The summed E-state index contributed by atoms with van der Waals surface area (Å²) in [5, 5.41) is 4.85. The fourth-order valence-corrected chi connectivity index (χ4v) is 2.87. The Kier molecular flexibility index (Phi) is 4.54. The number of halogens is 3. The summed E-state index contributed by atoms with van der Waals surface area (Å²) < 4.78 is 69.6. The SMILES string of the molecule is Cc1cnc(CNS(=O)(=O)c2ccc(-c3cc(C(F)(F)F)[nH]n3)o2)cn1. The Hall–Kier alpha value is -2.73. The number of nitrogens with zero attached hydrogens (tertiary/aromatic N) is 3. The third-order valence-corrected chi connectivity index (χ3v) is 4.53. The normalized spacial score (nSPS) is 12.5. The number of sulfonamides is 1. The molecule has 0 atom stereocenters. The van der Waals surface area contributed by atoms with Gasteiger partial charge in [-0.2, -0.15) is 18.3 Å². The maximum Gasteiger partial charge on any atom is 0.432 e. The average molecular weight is 387 g/mol. The first kappa shape index (κ1) is 18.1. The van der Waals surface area contributed by atoms with Crippen molar-refractivity contribution in [3.63, 3.8) is 0 Å². The van der Waals surface area contributed by atoms with Gasteiger partial charge in [-0.05, 0) is 25.1 Å². The van der Waals surface area contributed by atoms with Crippen molar-refractivity contribution in [2.24, 2.45) is 0 Å². The van der Waals surface area contributed by atoms with Crippen LogP contribution in [-0.4, -0.2) is 28.6 Å². The van der Waals surface area contributed by atoms with Gasteiger partial charge in [-0.1, -0.05) is 0 Å². The van der Waals surface area contributed by atoms with E-state index in [-0.39, 0.29) is 18.0 Å². The summed E-state index contributed by atoms with van der Waals surface area (Å²) >= 11 is 0. The van der Waals surface area contributed by atoms with Gasteiger partial charge in [0.2, 0.25) is 5.09 Å². The van der Waals surface area contributed by atoms with Gasteiger partial charge in [-0.25, -0.2) is 13.1 Å². The molecule has 2 N–H and O–H groups in total. The summed E-state index contributed by atoms with van der Waals surface area (Å²) in [4.78, 5) is 8.01. The van der Waals surface area contributed by atoms with Crippen molar-refractivity contribution in [2.75, 3.05) is 0 Å². The topological polar surface area (TPSA) is 114 Å². The van der Waals surface area contributed by atoms with Crippen LogP contribution in [0, 0.1) is 6.92 Å². The molecule has 3 aromatic heterocycles. The molecule has 12 heteroatoms. The zero-order valence-electron chi connectivity index (χ0n) is 13.2. The third-order valence-electron chi connectivity index (χ3n) is 3.26. The van der Waals surface area contributed by atoms with Crippen LogP contribution in [0.3, 0.4) is 0 Å². The number of hydrogen-bond acceptors (Lipinski definition) is 6. The van der Waals surface area contributed by atoms with Crippen LogP contribution < -0.4 is 4.72 Å². The lowest BCUT2D eigenvalue weighted by atomic mass is 10.3. The number of alkyl halides is 3. The minimum atomic E-state index is -4.59. The molecule has 0 unspecified atom stereocenters. The molecular formula is C14H12F3N5O3S. The van der Waals surface area contributed by atoms with Crippen LogP contribution >= 0.6 is 0 Å². The van der Waals surface area contributed by atoms with Gasteiger partial charge in [-0.3, -0.25) is 15.1 Å². The zero-order valence-corrected chi connectivity index (χ0v) is 14.0. The number of hydrogen-bond donors (Lipinski definition) is 2. The van der Waals surface area contributed by atoms with Crippen molar-refractivity contribution >= 4 is 10.0 Å².